The number of nitrogens with two attached hydrogens (primary N) is 1. The predicted molar refractivity (Wildman–Crippen MR) is 82.8 cm³/mol. The maximum atomic E-state index is 12.7. The minimum atomic E-state index is -0.348. The fraction of sp³-hybridized carbons (Fsp3) is 0.643. The summed E-state index contributed by atoms with van der Waals surface area (Å²) in [6, 6.07) is -0.434. The van der Waals surface area contributed by atoms with E-state index in [1.165, 1.54) is 4.57 Å². The molecule has 7 nitrogen and oxygen atoms in total. The molecule has 2 aromatic rings. The van der Waals surface area contributed by atoms with Crippen LogP contribution in [0.1, 0.15) is 45.6 Å². The van der Waals surface area contributed by atoms with Gasteiger partial charge in [0.1, 0.15) is 5.82 Å². The van der Waals surface area contributed by atoms with E-state index < -0.39 is 0 Å². The summed E-state index contributed by atoms with van der Waals surface area (Å²) in [5.41, 5.74) is 5.90. The summed E-state index contributed by atoms with van der Waals surface area (Å²) in [7, 11) is 1.81. The Morgan fingerprint density at radius 1 is 1.19 bits per heavy atom. The molecule has 2 aromatic heterocycles. The molecule has 0 bridgehead atoms. The lowest BCUT2D eigenvalue weighted by Crippen LogP contribution is -2.44. The zero-order valence-corrected chi connectivity index (χ0v) is 13.3. The third kappa shape index (κ3) is 2.21. The SMILES string of the molecule is CCc1nc2c(c(=O)n(C(C)CN)c(=O)n2C(C)C)n1C. The Kier molecular flexibility index (Phi) is 4.04. The van der Waals surface area contributed by atoms with Gasteiger partial charge in [-0.3, -0.25) is 13.9 Å². The molecule has 7 heteroatoms. The first-order valence-corrected chi connectivity index (χ1v) is 7.27. The summed E-state index contributed by atoms with van der Waals surface area (Å²) < 4.78 is 4.58. The van der Waals surface area contributed by atoms with Crippen LogP contribution in [0, 0.1) is 0 Å². The van der Waals surface area contributed by atoms with Crippen molar-refractivity contribution >= 4 is 11.2 Å². The van der Waals surface area contributed by atoms with E-state index in [-0.39, 0.29) is 29.9 Å². The molecule has 0 fully saturated rings. The van der Waals surface area contributed by atoms with E-state index in [0.29, 0.717) is 17.6 Å². The summed E-state index contributed by atoms with van der Waals surface area (Å²) in [5.74, 6) is 0.786. The Morgan fingerprint density at radius 3 is 2.29 bits per heavy atom. The maximum Gasteiger partial charge on any atom is 0.333 e. The van der Waals surface area contributed by atoms with E-state index in [1.807, 2.05) is 27.8 Å². The molecule has 2 N–H and O–H groups in total. The summed E-state index contributed by atoms with van der Waals surface area (Å²) in [6.07, 6.45) is 0.698. The molecule has 0 aromatic carbocycles. The lowest BCUT2D eigenvalue weighted by molar-refractivity contribution is 0.468. The summed E-state index contributed by atoms with van der Waals surface area (Å²) >= 11 is 0. The third-order valence-corrected chi connectivity index (χ3v) is 3.85. The van der Waals surface area contributed by atoms with Gasteiger partial charge in [-0.25, -0.2) is 9.78 Å². The normalized spacial score (nSPS) is 13.3. The number of aryl methyl sites for hydroxylation is 2. The topological polar surface area (TPSA) is 87.8 Å². The minimum Gasteiger partial charge on any atom is -0.328 e. The average Bonchev–Trinajstić information content (AvgIpc) is 2.75. The van der Waals surface area contributed by atoms with Gasteiger partial charge in [-0.1, -0.05) is 6.92 Å². The van der Waals surface area contributed by atoms with Crippen molar-refractivity contribution < 1.29 is 0 Å². The van der Waals surface area contributed by atoms with Gasteiger partial charge in [0.05, 0.1) is 6.04 Å². The highest BCUT2D eigenvalue weighted by atomic mass is 16.2. The molecule has 0 aliphatic carbocycles. The fourth-order valence-corrected chi connectivity index (χ4v) is 2.62. The molecule has 0 saturated heterocycles. The minimum absolute atomic E-state index is 0.0866. The number of hydrogen-bond acceptors (Lipinski definition) is 4. The highest BCUT2D eigenvalue weighted by molar-refractivity contribution is 5.71. The van der Waals surface area contributed by atoms with Crippen molar-refractivity contribution in [3.8, 4) is 0 Å². The molecular weight excluding hydrogens is 270 g/mol. The van der Waals surface area contributed by atoms with E-state index in [4.69, 9.17) is 5.73 Å². The molecule has 21 heavy (non-hydrogen) atoms. The third-order valence-electron chi connectivity index (χ3n) is 3.85. The molecule has 0 aliphatic rings. The van der Waals surface area contributed by atoms with Gasteiger partial charge in [0.2, 0.25) is 0 Å². The molecule has 0 aliphatic heterocycles. The molecular formula is C14H23N5O2. The second-order valence-electron chi connectivity index (χ2n) is 5.62. The van der Waals surface area contributed by atoms with E-state index >= 15 is 0 Å². The first-order valence-electron chi connectivity index (χ1n) is 7.27. The van der Waals surface area contributed by atoms with Crippen LogP contribution in [-0.2, 0) is 13.5 Å². The number of rotatable bonds is 4. The van der Waals surface area contributed by atoms with Crippen molar-refractivity contribution in [1.82, 2.24) is 18.7 Å². The monoisotopic (exact) mass is 293 g/mol. The van der Waals surface area contributed by atoms with E-state index in [9.17, 15) is 9.59 Å². The number of hydrogen-bond donors (Lipinski definition) is 1. The van der Waals surface area contributed by atoms with Crippen molar-refractivity contribution in [3.05, 3.63) is 26.7 Å². The van der Waals surface area contributed by atoms with Crippen LogP contribution in [0.4, 0.5) is 0 Å². The Bertz CT molecular complexity index is 781. The van der Waals surface area contributed by atoms with Gasteiger partial charge in [0.25, 0.3) is 5.56 Å². The summed E-state index contributed by atoms with van der Waals surface area (Å²) in [5, 5.41) is 0. The molecule has 1 unspecified atom stereocenters. The second kappa shape index (κ2) is 5.48. The van der Waals surface area contributed by atoms with Gasteiger partial charge in [-0.05, 0) is 20.8 Å². The van der Waals surface area contributed by atoms with Crippen molar-refractivity contribution in [2.75, 3.05) is 6.54 Å². The van der Waals surface area contributed by atoms with Crippen LogP contribution >= 0.6 is 0 Å². The first-order chi connectivity index (χ1) is 9.84. The van der Waals surface area contributed by atoms with E-state index in [1.54, 1.807) is 16.1 Å². The van der Waals surface area contributed by atoms with Crippen LogP contribution in [0.2, 0.25) is 0 Å². The van der Waals surface area contributed by atoms with E-state index in [0.717, 1.165) is 5.82 Å². The van der Waals surface area contributed by atoms with Crippen molar-refractivity contribution in [1.29, 1.82) is 0 Å². The van der Waals surface area contributed by atoms with Crippen LogP contribution in [0.5, 0.6) is 0 Å². The van der Waals surface area contributed by atoms with Gasteiger partial charge in [0.15, 0.2) is 11.2 Å². The van der Waals surface area contributed by atoms with Gasteiger partial charge in [-0.15, -0.1) is 0 Å². The molecule has 2 heterocycles. The van der Waals surface area contributed by atoms with Gasteiger partial charge in [0, 0.05) is 26.1 Å². The first kappa shape index (κ1) is 15.5. The molecule has 0 spiro atoms. The lowest BCUT2D eigenvalue weighted by Gasteiger charge is -2.17. The smallest absolute Gasteiger partial charge is 0.328 e. The Morgan fingerprint density at radius 2 is 1.81 bits per heavy atom. The Balaban J connectivity index is 3.06. The molecule has 1 atom stereocenters. The number of nitrogens with zero attached hydrogens (tertiary/aromatic N) is 4. The zero-order valence-electron chi connectivity index (χ0n) is 13.3. The molecule has 2 rings (SSSR count). The summed E-state index contributed by atoms with van der Waals surface area (Å²) in [4.78, 5) is 29.9. The zero-order chi connectivity index (χ0) is 15.9. The Labute approximate surface area is 123 Å². The largest absolute Gasteiger partial charge is 0.333 e. The van der Waals surface area contributed by atoms with Gasteiger partial charge < -0.3 is 10.3 Å². The van der Waals surface area contributed by atoms with Crippen molar-refractivity contribution in [2.24, 2.45) is 12.8 Å². The van der Waals surface area contributed by atoms with Crippen LogP contribution in [-0.4, -0.2) is 25.2 Å². The lowest BCUT2D eigenvalue weighted by atomic mass is 10.3. The predicted octanol–water partition coefficient (Wildman–Crippen LogP) is 0.560. The molecule has 0 saturated carbocycles. The van der Waals surface area contributed by atoms with Crippen molar-refractivity contribution in [2.45, 2.75) is 46.2 Å². The maximum absolute atomic E-state index is 12.7. The van der Waals surface area contributed by atoms with Crippen LogP contribution in [0.3, 0.4) is 0 Å². The van der Waals surface area contributed by atoms with Gasteiger partial charge in [-0.2, -0.15) is 0 Å². The Hall–Kier alpha value is -1.89. The number of aromatic nitrogens is 4. The average molecular weight is 293 g/mol. The standard InChI is InChI=1S/C14H23N5O2/c1-6-10-16-12-11(17(10)5)13(20)19(9(4)7-15)14(21)18(12)8(2)3/h8-9H,6-7,15H2,1-5H3. The van der Waals surface area contributed by atoms with Gasteiger partial charge >= 0.3 is 5.69 Å². The summed E-state index contributed by atoms with van der Waals surface area (Å²) in [6.45, 7) is 7.79. The van der Waals surface area contributed by atoms with E-state index in [2.05, 4.69) is 4.98 Å². The van der Waals surface area contributed by atoms with Crippen LogP contribution in [0.15, 0.2) is 9.59 Å². The quantitative estimate of drug-likeness (QED) is 0.892. The number of fused-ring (bicyclic) bond motifs is 1. The van der Waals surface area contributed by atoms with Crippen LogP contribution < -0.4 is 17.0 Å². The molecule has 0 radical (unpaired) electrons. The fourth-order valence-electron chi connectivity index (χ4n) is 2.62. The number of imidazole rings is 1. The van der Waals surface area contributed by atoms with Crippen molar-refractivity contribution in [3.63, 3.8) is 0 Å². The highest BCUT2D eigenvalue weighted by Crippen LogP contribution is 2.15. The second-order valence-corrected chi connectivity index (χ2v) is 5.62. The highest BCUT2D eigenvalue weighted by Gasteiger charge is 2.22. The molecule has 116 valence electrons. The van der Waals surface area contributed by atoms with Crippen LogP contribution in [0.25, 0.3) is 11.2 Å². The molecule has 0 amide bonds.